The zero-order valence-electron chi connectivity index (χ0n) is 13.4. The Morgan fingerprint density at radius 1 is 1.17 bits per heavy atom. The van der Waals surface area contributed by atoms with Crippen LogP contribution in [0.3, 0.4) is 0 Å². The number of nitrogens with one attached hydrogen (secondary N) is 2. The Labute approximate surface area is 145 Å². The van der Waals surface area contributed by atoms with Crippen LogP contribution >= 0.6 is 11.8 Å². The molecule has 0 aliphatic carbocycles. The van der Waals surface area contributed by atoms with Crippen molar-refractivity contribution in [2.24, 2.45) is 4.99 Å². The highest BCUT2D eigenvalue weighted by Gasteiger charge is 2.18. The lowest BCUT2D eigenvalue weighted by Gasteiger charge is -2.12. The van der Waals surface area contributed by atoms with E-state index in [2.05, 4.69) is 15.6 Å². The van der Waals surface area contributed by atoms with Crippen molar-refractivity contribution in [1.82, 2.24) is 5.32 Å². The van der Waals surface area contributed by atoms with Crippen LogP contribution in [0.1, 0.15) is 6.92 Å². The zero-order chi connectivity index (χ0) is 16.8. The van der Waals surface area contributed by atoms with Gasteiger partial charge < -0.3 is 15.4 Å². The number of amidine groups is 1. The minimum Gasteiger partial charge on any atom is -0.457 e. The average molecular weight is 341 g/mol. The third kappa shape index (κ3) is 4.52. The lowest BCUT2D eigenvalue weighted by molar-refractivity contribution is -0.115. The van der Waals surface area contributed by atoms with Crippen LogP contribution in [0.15, 0.2) is 59.6 Å². The zero-order valence-corrected chi connectivity index (χ0v) is 14.2. The van der Waals surface area contributed by atoms with Gasteiger partial charge in [0.2, 0.25) is 5.91 Å². The second kappa shape index (κ2) is 7.88. The number of nitrogens with zero attached hydrogens (tertiary/aromatic N) is 1. The highest BCUT2D eigenvalue weighted by Crippen LogP contribution is 2.23. The molecule has 6 heteroatoms. The van der Waals surface area contributed by atoms with Crippen LogP contribution < -0.4 is 15.4 Å². The van der Waals surface area contributed by atoms with Crippen LogP contribution in [0.2, 0.25) is 0 Å². The van der Waals surface area contributed by atoms with Crippen molar-refractivity contribution in [2.75, 3.05) is 18.4 Å². The number of anilines is 1. The molecule has 2 N–H and O–H groups in total. The number of carbonyl (C=O) groups excluding carboxylic acids is 1. The Morgan fingerprint density at radius 3 is 2.54 bits per heavy atom. The fraction of sp³-hybridized carbons (Fsp3) is 0.222. The van der Waals surface area contributed by atoms with Gasteiger partial charge in [-0.3, -0.25) is 9.79 Å². The third-order valence-electron chi connectivity index (χ3n) is 3.40. The SMILES string of the molecule is C[C@H](SC1=NCCN1)C(=O)Nc1ccc(Oc2ccccc2)cc1. The predicted molar refractivity (Wildman–Crippen MR) is 98.9 cm³/mol. The van der Waals surface area contributed by atoms with E-state index in [1.807, 2.05) is 61.5 Å². The molecule has 0 unspecified atom stereocenters. The topological polar surface area (TPSA) is 62.7 Å². The fourth-order valence-electron chi connectivity index (χ4n) is 2.15. The van der Waals surface area contributed by atoms with Crippen molar-refractivity contribution in [3.63, 3.8) is 0 Å². The molecule has 1 aliphatic heterocycles. The Bertz CT molecular complexity index is 717. The molecule has 3 rings (SSSR count). The van der Waals surface area contributed by atoms with Crippen LogP contribution in [0, 0.1) is 0 Å². The highest BCUT2D eigenvalue weighted by molar-refractivity contribution is 8.14. The molecule has 0 spiro atoms. The maximum Gasteiger partial charge on any atom is 0.237 e. The Kier molecular flexibility index (Phi) is 5.38. The van der Waals surface area contributed by atoms with Gasteiger partial charge >= 0.3 is 0 Å². The largest absolute Gasteiger partial charge is 0.457 e. The summed E-state index contributed by atoms with van der Waals surface area (Å²) in [4.78, 5) is 16.5. The van der Waals surface area contributed by atoms with Gasteiger partial charge in [-0.1, -0.05) is 30.0 Å². The Hall–Kier alpha value is -2.47. The van der Waals surface area contributed by atoms with Crippen molar-refractivity contribution >= 4 is 28.5 Å². The normalized spacial score (nSPS) is 14.5. The first-order valence-electron chi connectivity index (χ1n) is 7.79. The number of benzene rings is 2. The average Bonchev–Trinajstić information content (AvgIpc) is 3.10. The van der Waals surface area contributed by atoms with Crippen molar-refractivity contribution in [2.45, 2.75) is 12.2 Å². The summed E-state index contributed by atoms with van der Waals surface area (Å²) in [6.45, 7) is 3.49. The molecule has 2 aromatic carbocycles. The minimum atomic E-state index is -0.213. The number of ether oxygens (including phenoxy) is 1. The quantitative estimate of drug-likeness (QED) is 0.874. The van der Waals surface area contributed by atoms with Crippen LogP contribution in [0.5, 0.6) is 11.5 Å². The van der Waals surface area contributed by atoms with Gasteiger partial charge in [0.1, 0.15) is 11.5 Å². The number of aliphatic imine (C=N–C) groups is 1. The molecule has 0 saturated carbocycles. The van der Waals surface area contributed by atoms with E-state index in [1.54, 1.807) is 0 Å². The van der Waals surface area contributed by atoms with E-state index in [1.165, 1.54) is 11.8 Å². The summed E-state index contributed by atoms with van der Waals surface area (Å²) in [6, 6.07) is 16.9. The molecule has 2 aromatic rings. The van der Waals surface area contributed by atoms with E-state index in [0.717, 1.165) is 35.4 Å². The number of rotatable bonds is 5. The fourth-order valence-corrected chi connectivity index (χ4v) is 3.00. The van der Waals surface area contributed by atoms with Gasteiger partial charge in [-0.15, -0.1) is 0 Å². The molecule has 5 nitrogen and oxygen atoms in total. The lowest BCUT2D eigenvalue weighted by Crippen LogP contribution is -2.26. The first kappa shape index (κ1) is 16.4. The number of thioether (sulfide) groups is 1. The number of hydrogen-bond acceptors (Lipinski definition) is 5. The second-order valence-electron chi connectivity index (χ2n) is 5.30. The first-order valence-corrected chi connectivity index (χ1v) is 8.67. The molecule has 0 saturated heterocycles. The molecule has 0 fully saturated rings. The molecule has 1 amide bonds. The van der Waals surface area contributed by atoms with E-state index in [-0.39, 0.29) is 11.2 Å². The van der Waals surface area contributed by atoms with Crippen LogP contribution in [-0.2, 0) is 4.79 Å². The molecular weight excluding hydrogens is 322 g/mol. The van der Waals surface area contributed by atoms with Crippen molar-refractivity contribution in [3.05, 3.63) is 54.6 Å². The number of para-hydroxylation sites is 1. The van der Waals surface area contributed by atoms with Crippen LogP contribution in [0.4, 0.5) is 5.69 Å². The summed E-state index contributed by atoms with van der Waals surface area (Å²) in [7, 11) is 0. The highest BCUT2D eigenvalue weighted by atomic mass is 32.2. The first-order chi connectivity index (χ1) is 11.7. The van der Waals surface area contributed by atoms with E-state index in [9.17, 15) is 4.79 Å². The van der Waals surface area contributed by atoms with E-state index >= 15 is 0 Å². The molecule has 24 heavy (non-hydrogen) atoms. The molecule has 0 aromatic heterocycles. The summed E-state index contributed by atoms with van der Waals surface area (Å²) in [6.07, 6.45) is 0. The summed E-state index contributed by atoms with van der Waals surface area (Å²) in [5, 5.41) is 6.69. The van der Waals surface area contributed by atoms with Gasteiger partial charge in [-0.2, -0.15) is 0 Å². The Balaban J connectivity index is 1.54. The lowest BCUT2D eigenvalue weighted by atomic mass is 10.3. The van der Waals surface area contributed by atoms with E-state index in [4.69, 9.17) is 4.74 Å². The summed E-state index contributed by atoms with van der Waals surface area (Å²) >= 11 is 1.44. The van der Waals surface area contributed by atoms with Crippen molar-refractivity contribution in [3.8, 4) is 11.5 Å². The summed E-state index contributed by atoms with van der Waals surface area (Å²) in [5.74, 6) is 1.46. The number of carbonyl (C=O) groups is 1. The van der Waals surface area contributed by atoms with Crippen LogP contribution in [0.25, 0.3) is 0 Å². The van der Waals surface area contributed by atoms with E-state index in [0.29, 0.717) is 0 Å². The molecule has 0 radical (unpaired) electrons. The van der Waals surface area contributed by atoms with Gasteiger partial charge in [0.05, 0.1) is 11.8 Å². The van der Waals surface area contributed by atoms with Gasteiger partial charge in [-0.25, -0.2) is 0 Å². The summed E-state index contributed by atoms with van der Waals surface area (Å²) < 4.78 is 5.73. The number of hydrogen-bond donors (Lipinski definition) is 2. The third-order valence-corrected chi connectivity index (χ3v) is 4.47. The monoisotopic (exact) mass is 341 g/mol. The predicted octanol–water partition coefficient (Wildman–Crippen LogP) is 3.50. The molecule has 1 aliphatic rings. The van der Waals surface area contributed by atoms with Gasteiger partial charge in [0.25, 0.3) is 0 Å². The molecule has 1 heterocycles. The maximum absolute atomic E-state index is 12.2. The van der Waals surface area contributed by atoms with Crippen molar-refractivity contribution in [1.29, 1.82) is 0 Å². The van der Waals surface area contributed by atoms with Gasteiger partial charge in [0, 0.05) is 12.2 Å². The molecule has 0 bridgehead atoms. The Morgan fingerprint density at radius 2 is 1.88 bits per heavy atom. The molecule has 124 valence electrons. The molecular formula is C18H19N3O2S. The smallest absolute Gasteiger partial charge is 0.237 e. The summed E-state index contributed by atoms with van der Waals surface area (Å²) in [5.41, 5.74) is 0.745. The second-order valence-corrected chi connectivity index (χ2v) is 6.63. The minimum absolute atomic E-state index is 0.0480. The van der Waals surface area contributed by atoms with Crippen LogP contribution in [-0.4, -0.2) is 29.4 Å². The van der Waals surface area contributed by atoms with E-state index < -0.39 is 0 Å². The maximum atomic E-state index is 12.2. The molecule has 1 atom stereocenters. The van der Waals surface area contributed by atoms with Crippen molar-refractivity contribution < 1.29 is 9.53 Å². The standard InChI is InChI=1S/C18H19N3O2S/c1-13(24-18-19-11-12-20-18)17(22)21-14-7-9-16(10-8-14)23-15-5-3-2-4-6-15/h2-10,13H,11-12H2,1H3,(H,19,20)(H,21,22)/t13-/m0/s1. The van der Waals surface area contributed by atoms with Gasteiger partial charge in [0.15, 0.2) is 5.17 Å². The number of amides is 1. The van der Waals surface area contributed by atoms with Gasteiger partial charge in [-0.05, 0) is 43.3 Å².